The number of ether oxygens (including phenoxy) is 3. The molecule has 1 N–H and O–H groups in total. The van der Waals surface area contributed by atoms with Crippen LogP contribution in [0.4, 0.5) is 10.5 Å². The SMILES string of the molecule is Cc1cc(C)c(OCC2CO2)c(NC(=O)OC(C)(C)C)c1. The van der Waals surface area contributed by atoms with Crippen LogP contribution in [-0.2, 0) is 9.47 Å². The van der Waals surface area contributed by atoms with Gasteiger partial charge in [-0.25, -0.2) is 4.79 Å². The normalized spacial score (nSPS) is 17.3. The fourth-order valence-corrected chi connectivity index (χ4v) is 1.99. The first-order chi connectivity index (χ1) is 9.74. The lowest BCUT2D eigenvalue weighted by atomic mass is 10.1. The summed E-state index contributed by atoms with van der Waals surface area (Å²) in [6.07, 6.45) is -0.319. The Hall–Kier alpha value is -1.75. The minimum Gasteiger partial charge on any atom is -0.488 e. The molecule has 1 saturated heterocycles. The monoisotopic (exact) mass is 293 g/mol. The molecule has 1 aliphatic rings. The lowest BCUT2D eigenvalue weighted by molar-refractivity contribution is 0.0635. The Morgan fingerprint density at radius 3 is 2.62 bits per heavy atom. The average Bonchev–Trinajstić information content (AvgIpc) is 3.08. The van der Waals surface area contributed by atoms with E-state index in [1.165, 1.54) is 0 Å². The Morgan fingerprint density at radius 1 is 1.38 bits per heavy atom. The maximum atomic E-state index is 11.9. The second kappa shape index (κ2) is 5.93. The first-order valence-corrected chi connectivity index (χ1v) is 7.10. The van der Waals surface area contributed by atoms with Crippen molar-refractivity contribution in [3.63, 3.8) is 0 Å². The van der Waals surface area contributed by atoms with Crippen LogP contribution in [0.5, 0.6) is 5.75 Å². The molecule has 1 unspecified atom stereocenters. The van der Waals surface area contributed by atoms with Crippen molar-refractivity contribution < 1.29 is 19.0 Å². The Morgan fingerprint density at radius 2 is 2.05 bits per heavy atom. The molecule has 0 aromatic heterocycles. The van der Waals surface area contributed by atoms with Crippen molar-refractivity contribution in [2.45, 2.75) is 46.3 Å². The highest BCUT2D eigenvalue weighted by atomic mass is 16.6. The second-order valence-corrected chi connectivity index (χ2v) is 6.35. The van der Waals surface area contributed by atoms with Gasteiger partial charge in [-0.3, -0.25) is 5.32 Å². The molecule has 0 bridgehead atoms. The highest BCUT2D eigenvalue weighted by Crippen LogP contribution is 2.31. The Kier molecular flexibility index (Phi) is 4.42. The molecule has 5 heteroatoms. The van der Waals surface area contributed by atoms with Crippen molar-refractivity contribution >= 4 is 11.8 Å². The molecule has 0 aliphatic carbocycles. The number of hydrogen-bond acceptors (Lipinski definition) is 4. The molecule has 1 fully saturated rings. The second-order valence-electron chi connectivity index (χ2n) is 6.35. The Balaban J connectivity index is 2.13. The van der Waals surface area contributed by atoms with E-state index in [0.717, 1.165) is 17.7 Å². The summed E-state index contributed by atoms with van der Waals surface area (Å²) in [6, 6.07) is 3.89. The smallest absolute Gasteiger partial charge is 0.412 e. The highest BCUT2D eigenvalue weighted by molar-refractivity contribution is 5.87. The van der Waals surface area contributed by atoms with Gasteiger partial charge < -0.3 is 14.2 Å². The zero-order valence-electron chi connectivity index (χ0n) is 13.3. The van der Waals surface area contributed by atoms with Crippen molar-refractivity contribution in [3.8, 4) is 5.75 Å². The topological polar surface area (TPSA) is 60.1 Å². The number of rotatable bonds is 4. The van der Waals surface area contributed by atoms with Gasteiger partial charge in [0.1, 0.15) is 24.1 Å². The number of epoxide rings is 1. The van der Waals surface area contributed by atoms with Gasteiger partial charge in [-0.2, -0.15) is 0 Å². The number of carbonyl (C=O) groups excluding carboxylic acids is 1. The van der Waals surface area contributed by atoms with Crippen molar-refractivity contribution in [3.05, 3.63) is 23.3 Å². The lowest BCUT2D eigenvalue weighted by Gasteiger charge is -2.21. The molecule has 1 aromatic rings. The third-order valence-electron chi connectivity index (χ3n) is 2.87. The molecule has 0 spiro atoms. The van der Waals surface area contributed by atoms with E-state index in [0.29, 0.717) is 18.0 Å². The van der Waals surface area contributed by atoms with Crippen LogP contribution in [-0.4, -0.2) is 31.0 Å². The molecule has 5 nitrogen and oxygen atoms in total. The number of nitrogens with one attached hydrogen (secondary N) is 1. The number of hydrogen-bond donors (Lipinski definition) is 1. The van der Waals surface area contributed by atoms with Crippen LogP contribution in [0, 0.1) is 13.8 Å². The van der Waals surface area contributed by atoms with Gasteiger partial charge in [-0.05, 0) is 51.8 Å². The van der Waals surface area contributed by atoms with E-state index in [1.54, 1.807) is 0 Å². The fraction of sp³-hybridized carbons (Fsp3) is 0.562. The highest BCUT2D eigenvalue weighted by Gasteiger charge is 2.24. The van der Waals surface area contributed by atoms with Crippen LogP contribution in [0.2, 0.25) is 0 Å². The van der Waals surface area contributed by atoms with E-state index in [2.05, 4.69) is 5.32 Å². The summed E-state index contributed by atoms with van der Waals surface area (Å²) in [4.78, 5) is 11.9. The van der Waals surface area contributed by atoms with Gasteiger partial charge in [0, 0.05) is 0 Å². The van der Waals surface area contributed by atoms with Crippen LogP contribution in [0.25, 0.3) is 0 Å². The summed E-state index contributed by atoms with van der Waals surface area (Å²) in [5.41, 5.74) is 2.11. The lowest BCUT2D eigenvalue weighted by Crippen LogP contribution is -2.27. The first-order valence-electron chi connectivity index (χ1n) is 7.10. The van der Waals surface area contributed by atoms with Crippen LogP contribution >= 0.6 is 0 Å². The Labute approximate surface area is 125 Å². The maximum Gasteiger partial charge on any atom is 0.412 e. The number of benzene rings is 1. The molecule has 21 heavy (non-hydrogen) atoms. The Bertz CT molecular complexity index is 530. The molecule has 2 rings (SSSR count). The number of carbonyl (C=O) groups is 1. The minimum absolute atomic E-state index is 0.167. The molecule has 1 atom stereocenters. The first kappa shape index (κ1) is 15.6. The van der Waals surface area contributed by atoms with Crippen LogP contribution < -0.4 is 10.1 Å². The van der Waals surface area contributed by atoms with Crippen LogP contribution in [0.1, 0.15) is 31.9 Å². The molecule has 1 aliphatic heterocycles. The molecule has 1 heterocycles. The van der Waals surface area contributed by atoms with E-state index in [9.17, 15) is 4.79 Å². The molecular weight excluding hydrogens is 270 g/mol. The number of amides is 1. The van der Waals surface area contributed by atoms with Gasteiger partial charge in [0.05, 0.1) is 12.3 Å². The molecule has 1 amide bonds. The molecule has 0 radical (unpaired) electrons. The molecule has 1 aromatic carbocycles. The van der Waals surface area contributed by atoms with Gasteiger partial charge in [0.15, 0.2) is 0 Å². The standard InChI is InChI=1S/C16H23NO4/c1-10-6-11(2)14(20-9-12-8-19-12)13(7-10)17-15(18)21-16(3,4)5/h6-7,12H,8-9H2,1-5H3,(H,17,18). The molecule has 116 valence electrons. The van der Waals surface area contributed by atoms with Crippen LogP contribution in [0.3, 0.4) is 0 Å². The van der Waals surface area contributed by atoms with E-state index >= 15 is 0 Å². The summed E-state index contributed by atoms with van der Waals surface area (Å²) in [5.74, 6) is 0.668. The molecule has 0 saturated carbocycles. The van der Waals surface area contributed by atoms with Gasteiger partial charge in [-0.15, -0.1) is 0 Å². The van der Waals surface area contributed by atoms with E-state index in [-0.39, 0.29) is 6.10 Å². The predicted octanol–water partition coefficient (Wildman–Crippen LogP) is 3.43. The average molecular weight is 293 g/mol. The largest absolute Gasteiger partial charge is 0.488 e. The van der Waals surface area contributed by atoms with E-state index in [4.69, 9.17) is 14.2 Å². The van der Waals surface area contributed by atoms with Crippen molar-refractivity contribution in [1.29, 1.82) is 0 Å². The van der Waals surface area contributed by atoms with Gasteiger partial charge in [0.2, 0.25) is 0 Å². The van der Waals surface area contributed by atoms with E-state index in [1.807, 2.05) is 46.8 Å². The number of anilines is 1. The summed E-state index contributed by atoms with van der Waals surface area (Å²) < 4.78 is 16.2. The van der Waals surface area contributed by atoms with E-state index < -0.39 is 11.7 Å². The number of aryl methyl sites for hydroxylation is 2. The van der Waals surface area contributed by atoms with Gasteiger partial charge in [-0.1, -0.05) is 6.07 Å². The van der Waals surface area contributed by atoms with Crippen molar-refractivity contribution in [1.82, 2.24) is 0 Å². The summed E-state index contributed by atoms with van der Waals surface area (Å²) in [5, 5.41) is 2.77. The predicted molar refractivity (Wildman–Crippen MR) is 81.0 cm³/mol. The van der Waals surface area contributed by atoms with Crippen molar-refractivity contribution in [2.24, 2.45) is 0 Å². The summed E-state index contributed by atoms with van der Waals surface area (Å²) >= 11 is 0. The fourth-order valence-electron chi connectivity index (χ4n) is 1.99. The maximum absolute atomic E-state index is 11.9. The van der Waals surface area contributed by atoms with Gasteiger partial charge >= 0.3 is 6.09 Å². The summed E-state index contributed by atoms with van der Waals surface area (Å²) in [7, 11) is 0. The minimum atomic E-state index is -0.536. The summed E-state index contributed by atoms with van der Waals surface area (Å²) in [6.45, 7) is 10.6. The quantitative estimate of drug-likeness (QED) is 0.864. The van der Waals surface area contributed by atoms with Crippen LogP contribution in [0.15, 0.2) is 12.1 Å². The third-order valence-corrected chi connectivity index (χ3v) is 2.87. The molecular formula is C16H23NO4. The zero-order chi connectivity index (χ0) is 15.6. The van der Waals surface area contributed by atoms with Gasteiger partial charge in [0.25, 0.3) is 0 Å². The zero-order valence-corrected chi connectivity index (χ0v) is 13.3. The third kappa shape index (κ3) is 4.93. The van der Waals surface area contributed by atoms with Crippen molar-refractivity contribution in [2.75, 3.05) is 18.5 Å².